The molecule has 1 heterocycles. The number of rotatable bonds is 4. The molecule has 0 amide bonds. The molecular weight excluding hydrogens is 280 g/mol. The minimum atomic E-state index is -0.306. The Morgan fingerprint density at radius 3 is 2.17 bits per heavy atom. The van der Waals surface area contributed by atoms with Crippen LogP contribution >= 0.6 is 0 Å². The monoisotopic (exact) mass is 304 g/mol. The summed E-state index contributed by atoms with van der Waals surface area (Å²) in [7, 11) is 0. The van der Waals surface area contributed by atoms with E-state index in [-0.39, 0.29) is 5.41 Å². The molecule has 0 N–H and O–H groups in total. The lowest BCUT2D eigenvalue weighted by Crippen LogP contribution is -2.41. The SMILES string of the molecule is CCc1ccc(C2(C#N)CCN(Cc3ccccc3)CC2)cc1. The van der Waals surface area contributed by atoms with Crippen LogP contribution in [-0.4, -0.2) is 18.0 Å². The van der Waals surface area contributed by atoms with Crippen molar-refractivity contribution in [2.24, 2.45) is 0 Å². The fourth-order valence-electron chi connectivity index (χ4n) is 3.46. The number of benzene rings is 2. The highest BCUT2D eigenvalue weighted by atomic mass is 15.1. The predicted octanol–water partition coefficient (Wildman–Crippen LogP) is 4.31. The van der Waals surface area contributed by atoms with Crippen LogP contribution in [0.1, 0.15) is 36.5 Å². The predicted molar refractivity (Wildman–Crippen MR) is 94.1 cm³/mol. The first-order chi connectivity index (χ1) is 11.3. The molecule has 1 fully saturated rings. The molecule has 118 valence electrons. The van der Waals surface area contributed by atoms with Crippen molar-refractivity contribution in [3.8, 4) is 6.07 Å². The van der Waals surface area contributed by atoms with E-state index in [0.29, 0.717) is 0 Å². The molecule has 0 spiro atoms. The van der Waals surface area contributed by atoms with Crippen molar-refractivity contribution in [2.75, 3.05) is 13.1 Å². The van der Waals surface area contributed by atoms with Crippen LogP contribution in [0, 0.1) is 11.3 Å². The zero-order valence-corrected chi connectivity index (χ0v) is 13.8. The van der Waals surface area contributed by atoms with Crippen LogP contribution in [-0.2, 0) is 18.4 Å². The van der Waals surface area contributed by atoms with Crippen molar-refractivity contribution in [1.82, 2.24) is 4.90 Å². The van der Waals surface area contributed by atoms with Gasteiger partial charge in [0.05, 0.1) is 11.5 Å². The van der Waals surface area contributed by atoms with Gasteiger partial charge in [-0.15, -0.1) is 0 Å². The van der Waals surface area contributed by atoms with Gasteiger partial charge in [0.2, 0.25) is 0 Å². The summed E-state index contributed by atoms with van der Waals surface area (Å²) in [6, 6.07) is 21.9. The van der Waals surface area contributed by atoms with E-state index in [9.17, 15) is 5.26 Å². The number of nitriles is 1. The number of likely N-dealkylation sites (tertiary alicyclic amines) is 1. The lowest BCUT2D eigenvalue weighted by molar-refractivity contribution is 0.179. The van der Waals surface area contributed by atoms with Crippen LogP contribution in [0.3, 0.4) is 0 Å². The molecule has 0 atom stereocenters. The molecule has 1 saturated heterocycles. The molecule has 2 aromatic rings. The Hall–Kier alpha value is -2.11. The Labute approximate surface area is 139 Å². The second kappa shape index (κ2) is 6.98. The highest BCUT2D eigenvalue weighted by Gasteiger charge is 2.36. The molecule has 2 nitrogen and oxygen atoms in total. The first-order valence-corrected chi connectivity index (χ1v) is 8.53. The van der Waals surface area contributed by atoms with E-state index in [1.165, 1.54) is 16.7 Å². The van der Waals surface area contributed by atoms with E-state index in [2.05, 4.69) is 72.5 Å². The summed E-state index contributed by atoms with van der Waals surface area (Å²) in [6.45, 7) is 5.12. The molecule has 2 aromatic carbocycles. The molecular formula is C21H24N2. The number of piperidine rings is 1. The summed E-state index contributed by atoms with van der Waals surface area (Å²) in [5, 5.41) is 9.83. The van der Waals surface area contributed by atoms with Crippen LogP contribution in [0.2, 0.25) is 0 Å². The van der Waals surface area contributed by atoms with Gasteiger partial charge in [0, 0.05) is 19.6 Å². The summed E-state index contributed by atoms with van der Waals surface area (Å²) in [5.41, 5.74) is 3.57. The van der Waals surface area contributed by atoms with Gasteiger partial charge in [0.1, 0.15) is 0 Å². The molecule has 0 aliphatic carbocycles. The van der Waals surface area contributed by atoms with E-state index in [1.807, 2.05) is 0 Å². The summed E-state index contributed by atoms with van der Waals surface area (Å²) in [6.07, 6.45) is 2.88. The Kier molecular flexibility index (Phi) is 4.79. The maximum atomic E-state index is 9.83. The lowest BCUT2D eigenvalue weighted by atomic mass is 9.74. The molecule has 0 unspecified atom stereocenters. The van der Waals surface area contributed by atoms with Gasteiger partial charge in [-0.25, -0.2) is 0 Å². The molecule has 0 bridgehead atoms. The van der Waals surface area contributed by atoms with Crippen molar-refractivity contribution < 1.29 is 0 Å². The zero-order valence-electron chi connectivity index (χ0n) is 13.8. The number of hydrogen-bond donors (Lipinski definition) is 0. The average molecular weight is 304 g/mol. The van der Waals surface area contributed by atoms with Gasteiger partial charge in [-0.05, 0) is 36.0 Å². The third kappa shape index (κ3) is 3.46. The third-order valence-electron chi connectivity index (χ3n) is 5.09. The van der Waals surface area contributed by atoms with Gasteiger partial charge in [-0.1, -0.05) is 61.5 Å². The quantitative estimate of drug-likeness (QED) is 0.841. The summed E-state index contributed by atoms with van der Waals surface area (Å²) in [5.74, 6) is 0. The Morgan fingerprint density at radius 2 is 1.61 bits per heavy atom. The fraction of sp³-hybridized carbons (Fsp3) is 0.381. The number of hydrogen-bond acceptors (Lipinski definition) is 2. The summed E-state index contributed by atoms with van der Waals surface area (Å²) in [4.78, 5) is 2.46. The largest absolute Gasteiger partial charge is 0.299 e. The van der Waals surface area contributed by atoms with Crippen LogP contribution in [0.5, 0.6) is 0 Å². The van der Waals surface area contributed by atoms with Crippen LogP contribution < -0.4 is 0 Å². The zero-order chi connectivity index (χ0) is 16.1. The molecule has 1 aliphatic heterocycles. The van der Waals surface area contributed by atoms with Crippen LogP contribution in [0.15, 0.2) is 54.6 Å². The second-order valence-electron chi connectivity index (χ2n) is 6.51. The summed E-state index contributed by atoms with van der Waals surface area (Å²) >= 11 is 0. The number of aryl methyl sites for hydroxylation is 1. The van der Waals surface area contributed by atoms with Crippen molar-refractivity contribution in [3.63, 3.8) is 0 Å². The Morgan fingerprint density at radius 1 is 0.957 bits per heavy atom. The molecule has 0 radical (unpaired) electrons. The maximum Gasteiger partial charge on any atom is 0.0846 e. The molecule has 23 heavy (non-hydrogen) atoms. The van der Waals surface area contributed by atoms with Crippen molar-refractivity contribution in [2.45, 2.75) is 38.1 Å². The van der Waals surface area contributed by atoms with E-state index in [0.717, 1.165) is 38.9 Å². The van der Waals surface area contributed by atoms with Gasteiger partial charge in [0.25, 0.3) is 0 Å². The van der Waals surface area contributed by atoms with Crippen LogP contribution in [0.4, 0.5) is 0 Å². The molecule has 0 saturated carbocycles. The van der Waals surface area contributed by atoms with Crippen molar-refractivity contribution >= 4 is 0 Å². The van der Waals surface area contributed by atoms with Gasteiger partial charge >= 0.3 is 0 Å². The minimum Gasteiger partial charge on any atom is -0.299 e. The Balaban J connectivity index is 1.68. The Bertz CT molecular complexity index is 659. The van der Waals surface area contributed by atoms with Crippen LogP contribution in [0.25, 0.3) is 0 Å². The normalized spacial score (nSPS) is 17.6. The first-order valence-electron chi connectivity index (χ1n) is 8.53. The van der Waals surface area contributed by atoms with Gasteiger partial charge in [-0.2, -0.15) is 5.26 Å². The average Bonchev–Trinajstić information content (AvgIpc) is 2.63. The van der Waals surface area contributed by atoms with Crippen molar-refractivity contribution in [1.29, 1.82) is 5.26 Å². The van der Waals surface area contributed by atoms with E-state index in [1.54, 1.807) is 0 Å². The maximum absolute atomic E-state index is 9.83. The number of nitrogens with zero attached hydrogens (tertiary/aromatic N) is 2. The fourth-order valence-corrected chi connectivity index (χ4v) is 3.46. The topological polar surface area (TPSA) is 27.0 Å². The first kappa shape index (κ1) is 15.8. The second-order valence-corrected chi connectivity index (χ2v) is 6.51. The lowest BCUT2D eigenvalue weighted by Gasteiger charge is -2.37. The third-order valence-corrected chi connectivity index (χ3v) is 5.09. The van der Waals surface area contributed by atoms with E-state index >= 15 is 0 Å². The van der Waals surface area contributed by atoms with Gasteiger partial charge in [0.15, 0.2) is 0 Å². The standard InChI is InChI=1S/C21H24N2/c1-2-18-8-10-20(11-9-18)21(17-22)12-14-23(15-13-21)16-19-6-4-3-5-7-19/h3-11H,2,12-16H2,1H3. The molecule has 2 heteroatoms. The highest BCUT2D eigenvalue weighted by molar-refractivity contribution is 5.35. The van der Waals surface area contributed by atoms with Gasteiger partial charge < -0.3 is 0 Å². The minimum absolute atomic E-state index is 0.306. The summed E-state index contributed by atoms with van der Waals surface area (Å²) < 4.78 is 0. The van der Waals surface area contributed by atoms with Gasteiger partial charge in [-0.3, -0.25) is 4.90 Å². The highest BCUT2D eigenvalue weighted by Crippen LogP contribution is 2.35. The van der Waals surface area contributed by atoms with E-state index in [4.69, 9.17) is 0 Å². The smallest absolute Gasteiger partial charge is 0.0846 e. The molecule has 0 aromatic heterocycles. The molecule has 3 rings (SSSR count). The van der Waals surface area contributed by atoms with E-state index < -0.39 is 0 Å². The molecule has 1 aliphatic rings. The van der Waals surface area contributed by atoms with Crippen molar-refractivity contribution in [3.05, 3.63) is 71.3 Å².